The van der Waals surface area contributed by atoms with Crippen LogP contribution in [0.25, 0.3) is 0 Å². The molecule has 32 heavy (non-hydrogen) atoms. The first-order valence-corrected chi connectivity index (χ1v) is 12.5. The number of hydrogen-bond donors (Lipinski definition) is 1. The van der Waals surface area contributed by atoms with E-state index in [9.17, 15) is 18.0 Å². The molecule has 2 aromatic carbocycles. The molecule has 0 bridgehead atoms. The van der Waals surface area contributed by atoms with Crippen molar-refractivity contribution in [2.45, 2.75) is 31.1 Å². The van der Waals surface area contributed by atoms with Crippen molar-refractivity contribution in [3.8, 4) is 0 Å². The van der Waals surface area contributed by atoms with Crippen molar-refractivity contribution < 1.29 is 18.0 Å². The Bertz CT molecular complexity index is 1270. The molecule has 4 rings (SSSR count). The second-order valence-corrected chi connectivity index (χ2v) is 10.8. The summed E-state index contributed by atoms with van der Waals surface area (Å²) < 4.78 is 24.9. The van der Waals surface area contributed by atoms with Crippen molar-refractivity contribution in [1.29, 1.82) is 0 Å². The van der Waals surface area contributed by atoms with E-state index >= 15 is 0 Å². The zero-order valence-corrected chi connectivity index (χ0v) is 19.2. The Labute approximate surface area is 190 Å². The monoisotopic (exact) mass is 470 g/mol. The molecular weight excluding hydrogens is 448 g/mol. The van der Waals surface area contributed by atoms with E-state index in [0.717, 1.165) is 28.2 Å². The molecule has 1 fully saturated rings. The Morgan fingerprint density at radius 3 is 2.56 bits per heavy atom. The van der Waals surface area contributed by atoms with Crippen molar-refractivity contribution in [3.63, 3.8) is 0 Å². The molecule has 3 aromatic rings. The Kier molecular flexibility index (Phi) is 6.07. The minimum Gasteiger partial charge on any atom is -0.311 e. The number of para-hydroxylation sites is 1. The standard InChI is InChI=1S/C22H22N4O4S2/c1-14-7-9-17(10-8-14)32(29,30)13-19(27)23-22-25-24-21(31-22)16-11-20(28)26(12-16)18-6-4-3-5-15(18)2/h3-10,16H,11-13H2,1-2H3,(H,23,25,27)/t16-/m0/s1. The number of aryl methyl sites for hydroxylation is 2. The van der Waals surface area contributed by atoms with Gasteiger partial charge < -0.3 is 4.90 Å². The fourth-order valence-electron chi connectivity index (χ4n) is 3.58. The number of anilines is 2. The maximum absolute atomic E-state index is 12.6. The fraction of sp³-hybridized carbons (Fsp3) is 0.273. The second kappa shape index (κ2) is 8.79. The number of nitrogens with one attached hydrogen (secondary N) is 1. The molecule has 0 radical (unpaired) electrons. The number of hydrogen-bond acceptors (Lipinski definition) is 7. The number of nitrogens with zero attached hydrogens (tertiary/aromatic N) is 3. The van der Waals surface area contributed by atoms with Crippen molar-refractivity contribution in [1.82, 2.24) is 10.2 Å². The van der Waals surface area contributed by atoms with Crippen LogP contribution in [-0.2, 0) is 19.4 Å². The summed E-state index contributed by atoms with van der Waals surface area (Å²) in [6.07, 6.45) is 0.304. The summed E-state index contributed by atoms with van der Waals surface area (Å²) >= 11 is 1.16. The van der Waals surface area contributed by atoms with Gasteiger partial charge in [0.2, 0.25) is 16.9 Å². The van der Waals surface area contributed by atoms with E-state index in [4.69, 9.17) is 0 Å². The van der Waals surface area contributed by atoms with E-state index in [-0.39, 0.29) is 21.9 Å². The normalized spacial score (nSPS) is 16.4. The average Bonchev–Trinajstić information content (AvgIpc) is 3.35. The first kappa shape index (κ1) is 22.1. The first-order chi connectivity index (χ1) is 15.2. The van der Waals surface area contributed by atoms with Gasteiger partial charge in [-0.1, -0.05) is 47.2 Å². The minimum atomic E-state index is -3.76. The molecule has 1 atom stereocenters. The van der Waals surface area contributed by atoms with Gasteiger partial charge >= 0.3 is 0 Å². The van der Waals surface area contributed by atoms with Gasteiger partial charge in [-0.05, 0) is 37.6 Å². The van der Waals surface area contributed by atoms with Crippen LogP contribution in [0.4, 0.5) is 10.8 Å². The summed E-state index contributed by atoms with van der Waals surface area (Å²) in [7, 11) is -3.76. The smallest absolute Gasteiger partial charge is 0.241 e. The predicted octanol–water partition coefficient (Wildman–Crippen LogP) is 3.09. The predicted molar refractivity (Wildman–Crippen MR) is 123 cm³/mol. The van der Waals surface area contributed by atoms with Crippen LogP contribution >= 0.6 is 11.3 Å². The summed E-state index contributed by atoms with van der Waals surface area (Å²) in [5.74, 6) is -1.50. The summed E-state index contributed by atoms with van der Waals surface area (Å²) in [6, 6.07) is 14.0. The number of aromatic nitrogens is 2. The van der Waals surface area contributed by atoms with Gasteiger partial charge in [-0.3, -0.25) is 14.9 Å². The molecule has 2 amide bonds. The number of benzene rings is 2. The Morgan fingerprint density at radius 1 is 1.12 bits per heavy atom. The maximum Gasteiger partial charge on any atom is 0.241 e. The molecule has 0 unspecified atom stereocenters. The zero-order valence-electron chi connectivity index (χ0n) is 17.6. The van der Waals surface area contributed by atoms with Crippen LogP contribution in [0.5, 0.6) is 0 Å². The maximum atomic E-state index is 12.6. The van der Waals surface area contributed by atoms with Gasteiger partial charge in [-0.25, -0.2) is 8.42 Å². The van der Waals surface area contributed by atoms with Gasteiger partial charge in [0, 0.05) is 24.6 Å². The Hall–Kier alpha value is -3.11. The molecule has 1 N–H and O–H groups in total. The molecule has 166 valence electrons. The minimum absolute atomic E-state index is 0.00859. The summed E-state index contributed by atoms with van der Waals surface area (Å²) in [5.41, 5.74) is 2.82. The van der Waals surface area contributed by atoms with E-state index in [1.165, 1.54) is 12.1 Å². The Balaban J connectivity index is 1.41. The van der Waals surface area contributed by atoms with Crippen molar-refractivity contribution >= 4 is 43.8 Å². The third kappa shape index (κ3) is 4.71. The molecule has 10 heteroatoms. The van der Waals surface area contributed by atoms with E-state index in [0.29, 0.717) is 18.0 Å². The van der Waals surface area contributed by atoms with E-state index in [1.807, 2.05) is 38.1 Å². The van der Waals surface area contributed by atoms with Crippen LogP contribution in [0.1, 0.15) is 28.5 Å². The third-order valence-corrected chi connectivity index (χ3v) is 7.90. The van der Waals surface area contributed by atoms with Gasteiger partial charge in [-0.15, -0.1) is 10.2 Å². The number of carbonyl (C=O) groups is 2. The number of amides is 2. The number of sulfone groups is 1. The molecule has 1 aliphatic heterocycles. The highest BCUT2D eigenvalue weighted by molar-refractivity contribution is 7.92. The van der Waals surface area contributed by atoms with Crippen molar-refractivity contribution in [2.24, 2.45) is 0 Å². The van der Waals surface area contributed by atoms with E-state index in [2.05, 4.69) is 15.5 Å². The molecular formula is C22H22N4O4S2. The van der Waals surface area contributed by atoms with Crippen molar-refractivity contribution in [2.75, 3.05) is 22.5 Å². The van der Waals surface area contributed by atoms with Crippen molar-refractivity contribution in [3.05, 3.63) is 64.7 Å². The molecule has 0 saturated carbocycles. The van der Waals surface area contributed by atoms with E-state index < -0.39 is 21.5 Å². The van der Waals surface area contributed by atoms with Gasteiger partial charge in [0.25, 0.3) is 0 Å². The van der Waals surface area contributed by atoms with Crippen LogP contribution < -0.4 is 10.2 Å². The molecule has 1 saturated heterocycles. The average molecular weight is 471 g/mol. The molecule has 0 spiro atoms. The van der Waals surface area contributed by atoms with Crippen LogP contribution in [0, 0.1) is 13.8 Å². The molecule has 2 heterocycles. The first-order valence-electron chi connectivity index (χ1n) is 10.0. The summed E-state index contributed by atoms with van der Waals surface area (Å²) in [5, 5.41) is 11.5. The quantitative estimate of drug-likeness (QED) is 0.593. The molecule has 1 aliphatic rings. The number of rotatable bonds is 6. The van der Waals surface area contributed by atoms with Crippen LogP contribution in [-0.4, -0.2) is 42.7 Å². The lowest BCUT2D eigenvalue weighted by Crippen LogP contribution is -2.25. The lowest BCUT2D eigenvalue weighted by molar-refractivity contribution is -0.117. The van der Waals surface area contributed by atoms with Gasteiger partial charge in [0.1, 0.15) is 10.8 Å². The highest BCUT2D eigenvalue weighted by Gasteiger charge is 2.34. The Morgan fingerprint density at radius 2 is 1.84 bits per heavy atom. The lowest BCUT2D eigenvalue weighted by atomic mass is 10.1. The SMILES string of the molecule is Cc1ccc(S(=O)(=O)CC(=O)Nc2nnc([C@H]3CC(=O)N(c4ccccc4C)C3)s2)cc1. The molecule has 8 nitrogen and oxygen atoms in total. The summed E-state index contributed by atoms with van der Waals surface area (Å²) in [4.78, 5) is 26.7. The highest BCUT2D eigenvalue weighted by atomic mass is 32.2. The third-order valence-electron chi connectivity index (χ3n) is 5.27. The largest absolute Gasteiger partial charge is 0.311 e. The van der Waals surface area contributed by atoms with Crippen LogP contribution in [0.2, 0.25) is 0 Å². The fourth-order valence-corrected chi connectivity index (χ4v) is 5.56. The van der Waals surface area contributed by atoms with Gasteiger partial charge in [0.05, 0.1) is 4.90 Å². The summed E-state index contributed by atoms with van der Waals surface area (Å²) in [6.45, 7) is 4.29. The van der Waals surface area contributed by atoms with Gasteiger partial charge in [0.15, 0.2) is 9.84 Å². The number of carbonyl (C=O) groups excluding carboxylic acids is 2. The molecule has 0 aliphatic carbocycles. The van der Waals surface area contributed by atoms with Crippen LogP contribution in [0.15, 0.2) is 53.4 Å². The second-order valence-electron chi connectivity index (χ2n) is 7.76. The van der Waals surface area contributed by atoms with E-state index in [1.54, 1.807) is 17.0 Å². The molecule has 1 aromatic heterocycles. The highest BCUT2D eigenvalue weighted by Crippen LogP contribution is 2.35. The zero-order chi connectivity index (χ0) is 22.9. The lowest BCUT2D eigenvalue weighted by Gasteiger charge is -2.18. The van der Waals surface area contributed by atoms with Crippen LogP contribution in [0.3, 0.4) is 0 Å². The van der Waals surface area contributed by atoms with Gasteiger partial charge in [-0.2, -0.15) is 0 Å². The topological polar surface area (TPSA) is 109 Å².